The van der Waals surface area contributed by atoms with Crippen LogP contribution < -0.4 is 5.32 Å². The van der Waals surface area contributed by atoms with Crippen LogP contribution >= 0.6 is 0 Å². The number of tetrazole rings is 1. The highest BCUT2D eigenvalue weighted by Crippen LogP contribution is 2.27. The van der Waals surface area contributed by atoms with Crippen LogP contribution in [-0.4, -0.2) is 62.2 Å². The largest absolute Gasteiger partial charge is 0.376 e. The number of carbonyl (C=O) groups excluding carboxylic acids is 2. The Morgan fingerprint density at radius 2 is 1.82 bits per heavy atom. The van der Waals surface area contributed by atoms with Crippen LogP contribution in [0.4, 0.5) is 4.39 Å². The Bertz CT molecular complexity index is 1230. The molecule has 3 aromatic rings. The average molecular weight is 521 g/mol. The highest BCUT2D eigenvalue weighted by molar-refractivity contribution is 5.89. The van der Waals surface area contributed by atoms with Crippen LogP contribution in [0.3, 0.4) is 0 Å². The van der Waals surface area contributed by atoms with Crippen molar-refractivity contribution in [2.45, 2.75) is 70.2 Å². The van der Waals surface area contributed by atoms with E-state index in [0.29, 0.717) is 12.2 Å². The van der Waals surface area contributed by atoms with E-state index in [4.69, 9.17) is 4.74 Å². The van der Waals surface area contributed by atoms with Crippen molar-refractivity contribution < 1.29 is 18.7 Å². The highest BCUT2D eigenvalue weighted by Gasteiger charge is 2.35. The van der Waals surface area contributed by atoms with E-state index in [1.807, 2.05) is 31.2 Å². The van der Waals surface area contributed by atoms with Crippen LogP contribution in [0.15, 0.2) is 48.5 Å². The Balaban J connectivity index is 1.42. The summed E-state index contributed by atoms with van der Waals surface area (Å²) in [6.45, 7) is 2.72. The lowest BCUT2D eigenvalue weighted by Gasteiger charge is -2.33. The number of carbonyl (C=O) groups is 2. The molecule has 2 aliphatic rings. The van der Waals surface area contributed by atoms with Gasteiger partial charge in [-0.1, -0.05) is 42.7 Å². The number of halogens is 1. The topological polar surface area (TPSA) is 102 Å². The van der Waals surface area contributed by atoms with E-state index in [1.54, 1.807) is 17.0 Å². The monoisotopic (exact) mass is 520 g/mol. The van der Waals surface area contributed by atoms with Crippen molar-refractivity contribution in [3.05, 3.63) is 65.5 Å². The van der Waals surface area contributed by atoms with E-state index in [9.17, 15) is 14.0 Å². The van der Waals surface area contributed by atoms with Crippen molar-refractivity contribution >= 4 is 11.8 Å². The molecule has 0 bridgehead atoms. The van der Waals surface area contributed by atoms with Gasteiger partial charge < -0.3 is 15.0 Å². The van der Waals surface area contributed by atoms with Gasteiger partial charge in [-0.15, -0.1) is 10.2 Å². The number of hydrogen-bond acceptors (Lipinski definition) is 6. The predicted molar refractivity (Wildman–Crippen MR) is 138 cm³/mol. The summed E-state index contributed by atoms with van der Waals surface area (Å²) in [5, 5.41) is 15.6. The number of aromatic nitrogens is 4. The number of aryl methyl sites for hydroxylation is 1. The molecule has 10 heteroatoms. The third-order valence-corrected chi connectivity index (χ3v) is 7.23. The van der Waals surface area contributed by atoms with Crippen molar-refractivity contribution in [1.29, 1.82) is 0 Å². The van der Waals surface area contributed by atoms with Gasteiger partial charge in [-0.05, 0) is 67.6 Å². The number of nitrogens with zero attached hydrogens (tertiary/aromatic N) is 5. The molecule has 1 saturated carbocycles. The number of hydrogen-bond donors (Lipinski definition) is 1. The van der Waals surface area contributed by atoms with Crippen molar-refractivity contribution in [1.82, 2.24) is 30.4 Å². The van der Waals surface area contributed by atoms with Gasteiger partial charge in [-0.25, -0.2) is 4.39 Å². The maximum Gasteiger partial charge on any atom is 0.247 e. The molecule has 2 aromatic carbocycles. The molecule has 2 unspecified atom stereocenters. The Morgan fingerprint density at radius 3 is 2.50 bits per heavy atom. The van der Waals surface area contributed by atoms with Gasteiger partial charge in [0, 0.05) is 24.8 Å². The molecule has 200 valence electrons. The first-order chi connectivity index (χ1) is 18.5. The molecular weight excluding hydrogens is 487 g/mol. The molecule has 2 amide bonds. The van der Waals surface area contributed by atoms with Crippen molar-refractivity contribution in [2.24, 2.45) is 0 Å². The van der Waals surface area contributed by atoms with E-state index < -0.39 is 6.04 Å². The lowest BCUT2D eigenvalue weighted by Crippen LogP contribution is -2.49. The second-order valence-corrected chi connectivity index (χ2v) is 10.1. The molecule has 1 aliphatic carbocycles. The Kier molecular flexibility index (Phi) is 8.07. The number of ether oxygens (including phenoxy) is 1. The van der Waals surface area contributed by atoms with Gasteiger partial charge in [0.05, 0.1) is 6.10 Å². The van der Waals surface area contributed by atoms with Gasteiger partial charge >= 0.3 is 0 Å². The molecule has 5 rings (SSSR count). The second kappa shape index (κ2) is 11.8. The molecule has 0 spiro atoms. The molecule has 2 fully saturated rings. The Labute approximate surface area is 221 Å². The summed E-state index contributed by atoms with van der Waals surface area (Å²) in [5.74, 6) is -0.571. The number of benzene rings is 2. The van der Waals surface area contributed by atoms with Gasteiger partial charge in [0.2, 0.25) is 17.6 Å². The summed E-state index contributed by atoms with van der Waals surface area (Å²) in [4.78, 5) is 30.4. The van der Waals surface area contributed by atoms with Crippen LogP contribution in [-0.2, 0) is 20.9 Å². The van der Waals surface area contributed by atoms with Crippen molar-refractivity contribution in [3.8, 4) is 11.4 Å². The summed E-state index contributed by atoms with van der Waals surface area (Å²) < 4.78 is 19.2. The summed E-state index contributed by atoms with van der Waals surface area (Å²) >= 11 is 0. The molecule has 1 saturated heterocycles. The maximum absolute atomic E-state index is 13.8. The predicted octanol–water partition coefficient (Wildman–Crippen LogP) is 3.60. The average Bonchev–Trinajstić information content (AvgIpc) is 3.69. The first kappa shape index (κ1) is 26.0. The summed E-state index contributed by atoms with van der Waals surface area (Å²) in [6.07, 6.45) is 5.67. The van der Waals surface area contributed by atoms with Crippen LogP contribution in [0.1, 0.15) is 55.7 Å². The number of amides is 2. The van der Waals surface area contributed by atoms with Gasteiger partial charge in [-0.2, -0.15) is 4.80 Å². The van der Waals surface area contributed by atoms with Crippen LogP contribution in [0.2, 0.25) is 0 Å². The Morgan fingerprint density at radius 1 is 1.08 bits per heavy atom. The lowest BCUT2D eigenvalue weighted by molar-refractivity contribution is -0.143. The molecule has 2 atom stereocenters. The highest BCUT2D eigenvalue weighted by atomic mass is 19.1. The first-order valence-corrected chi connectivity index (χ1v) is 13.3. The Hall–Kier alpha value is -3.66. The summed E-state index contributed by atoms with van der Waals surface area (Å²) in [6, 6.07) is 12.8. The molecule has 1 aromatic heterocycles. The normalized spacial score (nSPS) is 18.4. The van der Waals surface area contributed by atoms with Crippen LogP contribution in [0.25, 0.3) is 11.4 Å². The lowest BCUT2D eigenvalue weighted by atomic mass is 10.0. The smallest absolute Gasteiger partial charge is 0.247 e. The van der Waals surface area contributed by atoms with Crippen LogP contribution in [0, 0.1) is 12.7 Å². The van der Waals surface area contributed by atoms with Gasteiger partial charge in [0.15, 0.2) is 0 Å². The second-order valence-electron chi connectivity index (χ2n) is 10.1. The molecule has 1 N–H and O–H groups in total. The standard InChI is InChI=1S/C28H33FN6O3/c1-19-8-10-20(11-9-19)26(28(37)30-23-5-2-3-6-23)34(17-24-7-4-16-38-24)25(36)18-35-32-27(31-33-35)21-12-14-22(29)15-13-21/h8-15,23-24,26H,2-7,16-18H2,1H3,(H,30,37). The molecule has 2 heterocycles. The zero-order valence-electron chi connectivity index (χ0n) is 21.6. The van der Waals surface area contributed by atoms with Gasteiger partial charge in [0.1, 0.15) is 18.4 Å². The summed E-state index contributed by atoms with van der Waals surface area (Å²) in [5.41, 5.74) is 2.41. The number of rotatable bonds is 9. The molecule has 38 heavy (non-hydrogen) atoms. The molecule has 1 aliphatic heterocycles. The van der Waals surface area contributed by atoms with Gasteiger partial charge in [0.25, 0.3) is 0 Å². The van der Waals surface area contributed by atoms with Crippen molar-refractivity contribution in [3.63, 3.8) is 0 Å². The van der Waals surface area contributed by atoms with E-state index in [0.717, 1.165) is 49.7 Å². The minimum Gasteiger partial charge on any atom is -0.376 e. The summed E-state index contributed by atoms with van der Waals surface area (Å²) in [7, 11) is 0. The maximum atomic E-state index is 13.8. The van der Waals surface area contributed by atoms with E-state index in [2.05, 4.69) is 20.7 Å². The number of nitrogens with one attached hydrogen (secondary N) is 1. The zero-order valence-corrected chi connectivity index (χ0v) is 21.6. The van der Waals surface area contributed by atoms with E-state index >= 15 is 0 Å². The van der Waals surface area contributed by atoms with E-state index in [-0.39, 0.29) is 48.7 Å². The quantitative estimate of drug-likeness (QED) is 0.463. The molecule has 0 radical (unpaired) electrons. The van der Waals surface area contributed by atoms with Gasteiger partial charge in [-0.3, -0.25) is 9.59 Å². The molecule has 9 nitrogen and oxygen atoms in total. The fourth-order valence-electron chi connectivity index (χ4n) is 5.17. The third-order valence-electron chi connectivity index (χ3n) is 7.23. The fourth-order valence-corrected chi connectivity index (χ4v) is 5.17. The minimum absolute atomic E-state index is 0.116. The SMILES string of the molecule is Cc1ccc(C(C(=O)NC2CCCC2)N(CC2CCCO2)C(=O)Cn2nnc(-c3ccc(F)cc3)n2)cc1. The van der Waals surface area contributed by atoms with E-state index in [1.165, 1.54) is 16.9 Å². The fraction of sp³-hybridized carbons (Fsp3) is 0.464. The van der Waals surface area contributed by atoms with Crippen molar-refractivity contribution in [2.75, 3.05) is 13.2 Å². The van der Waals surface area contributed by atoms with Crippen LogP contribution in [0.5, 0.6) is 0 Å². The third kappa shape index (κ3) is 6.24. The zero-order chi connectivity index (χ0) is 26.5. The minimum atomic E-state index is -0.812. The first-order valence-electron chi connectivity index (χ1n) is 13.3. The molecular formula is C28H33FN6O3.